The van der Waals surface area contributed by atoms with E-state index in [2.05, 4.69) is 15.0 Å². The highest BCUT2D eigenvalue weighted by atomic mass is 35.5. The SMILES string of the molecule is O=C1C(Nc2cccc(Cl)c2)CCN1c1ccc(S(=O)(=O)Nc2nccs2)cc1.[HH]. The van der Waals surface area contributed by atoms with Gasteiger partial charge < -0.3 is 10.2 Å². The number of hydrogen-bond acceptors (Lipinski definition) is 6. The van der Waals surface area contributed by atoms with Gasteiger partial charge in [0.1, 0.15) is 6.04 Å². The van der Waals surface area contributed by atoms with Crippen molar-refractivity contribution in [2.75, 3.05) is 21.5 Å². The smallest absolute Gasteiger partial charge is 0.263 e. The van der Waals surface area contributed by atoms with E-state index in [4.69, 9.17) is 11.6 Å². The molecule has 0 radical (unpaired) electrons. The molecule has 1 unspecified atom stereocenters. The van der Waals surface area contributed by atoms with Crippen LogP contribution in [0.15, 0.2) is 65.0 Å². The van der Waals surface area contributed by atoms with Crippen molar-refractivity contribution >= 4 is 55.4 Å². The van der Waals surface area contributed by atoms with Crippen LogP contribution in [0, 0.1) is 0 Å². The third-order valence-electron chi connectivity index (χ3n) is 4.48. The molecule has 1 amide bonds. The van der Waals surface area contributed by atoms with Crippen LogP contribution < -0.4 is 14.9 Å². The van der Waals surface area contributed by atoms with Gasteiger partial charge in [-0.05, 0) is 48.9 Å². The maximum absolute atomic E-state index is 12.8. The lowest BCUT2D eigenvalue weighted by Gasteiger charge is -2.18. The van der Waals surface area contributed by atoms with Gasteiger partial charge in [0.2, 0.25) is 5.91 Å². The minimum Gasteiger partial charge on any atom is -0.374 e. The first-order chi connectivity index (χ1) is 13.9. The molecule has 0 bridgehead atoms. The fourth-order valence-corrected chi connectivity index (χ4v) is 5.08. The minimum absolute atomic E-state index is 0. The number of amides is 1. The van der Waals surface area contributed by atoms with Gasteiger partial charge in [-0.1, -0.05) is 17.7 Å². The minimum atomic E-state index is -3.72. The topological polar surface area (TPSA) is 91.4 Å². The molecule has 152 valence electrons. The average molecular weight is 451 g/mol. The van der Waals surface area contributed by atoms with Gasteiger partial charge in [0, 0.05) is 35.9 Å². The quantitative estimate of drug-likeness (QED) is 0.590. The zero-order valence-electron chi connectivity index (χ0n) is 15.1. The summed E-state index contributed by atoms with van der Waals surface area (Å²) < 4.78 is 27.3. The van der Waals surface area contributed by atoms with Gasteiger partial charge in [-0.3, -0.25) is 9.52 Å². The first kappa shape index (κ1) is 19.7. The summed E-state index contributed by atoms with van der Waals surface area (Å²) in [5.74, 6) is -0.0681. The number of benzene rings is 2. The van der Waals surface area contributed by atoms with Gasteiger partial charge in [-0.15, -0.1) is 11.3 Å². The molecule has 0 saturated carbocycles. The molecule has 1 aromatic heterocycles. The van der Waals surface area contributed by atoms with Crippen molar-refractivity contribution in [2.45, 2.75) is 17.4 Å². The fourth-order valence-electron chi connectivity index (χ4n) is 3.10. The Labute approximate surface area is 178 Å². The normalized spacial score (nSPS) is 16.8. The molecule has 0 spiro atoms. The van der Waals surface area contributed by atoms with E-state index in [0.717, 1.165) is 5.69 Å². The second-order valence-corrected chi connectivity index (χ2v) is 9.44. The van der Waals surface area contributed by atoms with E-state index in [9.17, 15) is 13.2 Å². The first-order valence-corrected chi connectivity index (χ1v) is 11.5. The first-order valence-electron chi connectivity index (χ1n) is 8.78. The van der Waals surface area contributed by atoms with Gasteiger partial charge in [0.05, 0.1) is 4.90 Å². The molecule has 1 aliphatic rings. The predicted molar refractivity (Wildman–Crippen MR) is 117 cm³/mol. The highest BCUT2D eigenvalue weighted by molar-refractivity contribution is 7.93. The number of nitrogens with zero attached hydrogens (tertiary/aromatic N) is 2. The van der Waals surface area contributed by atoms with Gasteiger partial charge in [0.15, 0.2) is 5.13 Å². The zero-order chi connectivity index (χ0) is 20.4. The van der Waals surface area contributed by atoms with Crippen LogP contribution >= 0.6 is 22.9 Å². The van der Waals surface area contributed by atoms with Gasteiger partial charge in [0.25, 0.3) is 10.0 Å². The van der Waals surface area contributed by atoms with Crippen molar-refractivity contribution in [1.29, 1.82) is 0 Å². The molecule has 1 fully saturated rings. The summed E-state index contributed by atoms with van der Waals surface area (Å²) in [6, 6.07) is 13.1. The third-order valence-corrected chi connectivity index (χ3v) is 6.89. The number of carbonyl (C=O) groups is 1. The maximum atomic E-state index is 12.8. The molecule has 1 atom stereocenters. The molecule has 3 aromatic rings. The van der Waals surface area contributed by atoms with Crippen LogP contribution in [-0.4, -0.2) is 31.9 Å². The van der Waals surface area contributed by atoms with E-state index >= 15 is 0 Å². The Kier molecular flexibility index (Phi) is 5.44. The third kappa shape index (κ3) is 4.36. The average Bonchev–Trinajstić information content (AvgIpc) is 3.32. The van der Waals surface area contributed by atoms with Crippen LogP contribution in [0.5, 0.6) is 0 Å². The Balaban J connectivity index is 0.00000256. The molecule has 2 heterocycles. The Bertz CT molecular complexity index is 1120. The van der Waals surface area contributed by atoms with E-state index in [-0.39, 0.29) is 18.3 Å². The number of carbonyl (C=O) groups excluding carboxylic acids is 1. The van der Waals surface area contributed by atoms with E-state index in [0.29, 0.717) is 28.8 Å². The second kappa shape index (κ2) is 8.02. The molecule has 2 aromatic carbocycles. The second-order valence-electron chi connectivity index (χ2n) is 6.42. The Morgan fingerprint density at radius 3 is 2.69 bits per heavy atom. The summed E-state index contributed by atoms with van der Waals surface area (Å²) in [5, 5.41) is 5.79. The van der Waals surface area contributed by atoms with Gasteiger partial charge >= 0.3 is 0 Å². The van der Waals surface area contributed by atoms with Crippen molar-refractivity contribution in [3.05, 3.63) is 65.1 Å². The Morgan fingerprint density at radius 2 is 2.00 bits per heavy atom. The van der Waals surface area contributed by atoms with Gasteiger partial charge in [-0.25, -0.2) is 13.4 Å². The van der Waals surface area contributed by atoms with E-state index in [1.54, 1.807) is 34.5 Å². The number of halogens is 1. The van der Waals surface area contributed by atoms with Crippen molar-refractivity contribution in [2.24, 2.45) is 0 Å². The molecule has 0 aliphatic carbocycles. The van der Waals surface area contributed by atoms with Crippen molar-refractivity contribution in [1.82, 2.24) is 4.98 Å². The lowest BCUT2D eigenvalue weighted by Crippen LogP contribution is -2.33. The van der Waals surface area contributed by atoms with Crippen LogP contribution in [0.25, 0.3) is 0 Å². The number of nitrogens with one attached hydrogen (secondary N) is 2. The van der Waals surface area contributed by atoms with Gasteiger partial charge in [-0.2, -0.15) is 0 Å². The highest BCUT2D eigenvalue weighted by Crippen LogP contribution is 2.26. The molecular formula is C19H19ClN4O3S2. The van der Waals surface area contributed by atoms with E-state index < -0.39 is 10.0 Å². The predicted octanol–water partition coefficient (Wildman–Crippen LogP) is 4.06. The number of sulfonamides is 1. The van der Waals surface area contributed by atoms with Crippen LogP contribution in [0.3, 0.4) is 0 Å². The number of aromatic nitrogens is 1. The van der Waals surface area contributed by atoms with E-state index in [1.807, 2.05) is 12.1 Å². The molecule has 10 heteroatoms. The summed E-state index contributed by atoms with van der Waals surface area (Å²) in [6.45, 7) is 0.542. The number of anilines is 3. The molecule has 2 N–H and O–H groups in total. The van der Waals surface area contributed by atoms with Crippen molar-refractivity contribution in [3.8, 4) is 0 Å². The largest absolute Gasteiger partial charge is 0.374 e. The monoisotopic (exact) mass is 450 g/mol. The maximum Gasteiger partial charge on any atom is 0.263 e. The highest BCUT2D eigenvalue weighted by Gasteiger charge is 2.32. The molecule has 7 nitrogen and oxygen atoms in total. The standard InChI is InChI=1S/C19H17ClN4O3S2.H2/c20-13-2-1-3-14(12-13)22-17-8-10-24(18(17)25)15-4-6-16(7-5-15)29(26,27)23-19-21-9-11-28-19;/h1-7,9,11-12,17,22H,8,10H2,(H,21,23);1H. The summed E-state index contributed by atoms with van der Waals surface area (Å²) >= 11 is 7.20. The van der Waals surface area contributed by atoms with Crippen LogP contribution in [0.4, 0.5) is 16.5 Å². The summed E-state index contributed by atoms with van der Waals surface area (Å²) in [4.78, 5) is 18.5. The summed E-state index contributed by atoms with van der Waals surface area (Å²) in [7, 11) is -3.72. The Hall–Kier alpha value is -2.62. The lowest BCUT2D eigenvalue weighted by atomic mass is 10.2. The van der Waals surface area contributed by atoms with E-state index in [1.165, 1.54) is 29.7 Å². The lowest BCUT2D eigenvalue weighted by molar-refractivity contribution is -0.117. The molecule has 1 aliphatic heterocycles. The van der Waals surface area contributed by atoms with Crippen LogP contribution in [0.1, 0.15) is 7.85 Å². The van der Waals surface area contributed by atoms with Crippen LogP contribution in [0.2, 0.25) is 5.02 Å². The van der Waals surface area contributed by atoms with Crippen LogP contribution in [-0.2, 0) is 14.8 Å². The summed E-state index contributed by atoms with van der Waals surface area (Å²) in [5.41, 5.74) is 1.44. The molecule has 4 rings (SSSR count). The van der Waals surface area contributed by atoms with Crippen molar-refractivity contribution < 1.29 is 14.6 Å². The molecular weight excluding hydrogens is 432 g/mol. The number of thiazole rings is 1. The molecule has 29 heavy (non-hydrogen) atoms. The Morgan fingerprint density at radius 1 is 1.21 bits per heavy atom. The number of rotatable bonds is 6. The fraction of sp³-hybridized carbons (Fsp3) is 0.158. The summed E-state index contributed by atoms with van der Waals surface area (Å²) in [6.07, 6.45) is 2.16. The zero-order valence-corrected chi connectivity index (χ0v) is 17.5. The number of hydrogen-bond donors (Lipinski definition) is 2. The van der Waals surface area contributed by atoms with Crippen molar-refractivity contribution in [3.63, 3.8) is 0 Å². The molecule has 1 saturated heterocycles.